The van der Waals surface area contributed by atoms with E-state index >= 15 is 0 Å². The monoisotopic (exact) mass is 423 g/mol. The highest BCUT2D eigenvalue weighted by atomic mass is 32.2. The van der Waals surface area contributed by atoms with E-state index in [-0.39, 0.29) is 17.1 Å². The van der Waals surface area contributed by atoms with Gasteiger partial charge >= 0.3 is 0 Å². The number of rotatable bonds is 8. The van der Waals surface area contributed by atoms with Crippen LogP contribution in [0.3, 0.4) is 0 Å². The summed E-state index contributed by atoms with van der Waals surface area (Å²) in [5, 5.41) is 0.183. The van der Waals surface area contributed by atoms with Crippen molar-refractivity contribution in [1.82, 2.24) is 0 Å². The van der Waals surface area contributed by atoms with Crippen LogP contribution < -0.4 is 9.64 Å². The van der Waals surface area contributed by atoms with E-state index < -0.39 is 0 Å². The van der Waals surface area contributed by atoms with Crippen LogP contribution in [-0.2, 0) is 16.0 Å². The number of benzene rings is 2. The first-order valence-corrected chi connectivity index (χ1v) is 11.3. The molecule has 0 radical (unpaired) electrons. The molecule has 1 aliphatic rings. The summed E-state index contributed by atoms with van der Waals surface area (Å²) in [6.45, 7) is 10.9. The van der Waals surface area contributed by atoms with Crippen molar-refractivity contribution in [1.29, 1.82) is 0 Å². The lowest BCUT2D eigenvalue weighted by Gasteiger charge is -2.16. The molecular weight excluding hydrogens is 394 g/mol. The number of hydrogen-bond donors (Lipinski definition) is 0. The van der Waals surface area contributed by atoms with Crippen molar-refractivity contribution in [3.63, 3.8) is 0 Å². The van der Waals surface area contributed by atoms with Crippen LogP contribution in [0, 0.1) is 5.92 Å². The third-order valence-electron chi connectivity index (χ3n) is 4.72. The predicted molar refractivity (Wildman–Crippen MR) is 125 cm³/mol. The Hall–Kier alpha value is -2.53. The summed E-state index contributed by atoms with van der Waals surface area (Å²) in [7, 11) is 0. The molecule has 0 bridgehead atoms. The van der Waals surface area contributed by atoms with E-state index in [1.807, 2.05) is 62.4 Å². The van der Waals surface area contributed by atoms with Gasteiger partial charge in [-0.2, -0.15) is 0 Å². The van der Waals surface area contributed by atoms with E-state index in [9.17, 15) is 9.59 Å². The molecule has 1 aliphatic heterocycles. The number of ether oxygens (including phenoxy) is 1. The highest BCUT2D eigenvalue weighted by Crippen LogP contribution is 2.40. The lowest BCUT2D eigenvalue weighted by molar-refractivity contribution is -0.119. The fourth-order valence-corrected chi connectivity index (χ4v) is 4.19. The normalized spacial score (nSPS) is 14.4. The maximum Gasteiger partial charge on any atom is 0.272 e. The van der Waals surface area contributed by atoms with Gasteiger partial charge in [0, 0.05) is 5.25 Å². The smallest absolute Gasteiger partial charge is 0.272 e. The molecule has 0 spiro atoms. The van der Waals surface area contributed by atoms with E-state index in [0.717, 1.165) is 17.7 Å². The van der Waals surface area contributed by atoms with Crippen molar-refractivity contribution >= 4 is 34.8 Å². The summed E-state index contributed by atoms with van der Waals surface area (Å²) in [5.41, 5.74) is 2.98. The Balaban J connectivity index is 1.95. The number of carbonyl (C=O) groups is 2. The van der Waals surface area contributed by atoms with Gasteiger partial charge in [-0.25, -0.2) is 4.90 Å². The first-order valence-electron chi connectivity index (χ1n) is 10.4. The molecule has 2 aromatic rings. The van der Waals surface area contributed by atoms with E-state index in [0.29, 0.717) is 28.7 Å². The third kappa shape index (κ3) is 4.78. The molecule has 0 fully saturated rings. The predicted octanol–water partition coefficient (Wildman–Crippen LogP) is 5.71. The lowest BCUT2D eigenvalue weighted by atomic mass is 10.1. The molecule has 0 N–H and O–H groups in total. The molecular formula is C25H29NO3S. The lowest BCUT2D eigenvalue weighted by Crippen LogP contribution is -2.31. The zero-order valence-corrected chi connectivity index (χ0v) is 19.1. The average Bonchev–Trinajstić information content (AvgIpc) is 2.96. The summed E-state index contributed by atoms with van der Waals surface area (Å²) in [5.74, 6) is 0.666. The molecule has 2 amide bonds. The summed E-state index contributed by atoms with van der Waals surface area (Å²) in [6, 6.07) is 15.1. The second-order valence-electron chi connectivity index (χ2n) is 8.07. The molecule has 0 atom stereocenters. The maximum absolute atomic E-state index is 13.4. The number of nitrogens with zero attached hydrogens (tertiary/aromatic N) is 1. The number of anilines is 1. The van der Waals surface area contributed by atoms with E-state index in [1.165, 1.54) is 22.2 Å². The molecule has 0 saturated heterocycles. The quantitative estimate of drug-likeness (QED) is 0.510. The third-order valence-corrected chi connectivity index (χ3v) is 5.81. The molecule has 0 aliphatic carbocycles. The number of imide groups is 1. The SMILES string of the molecule is CCc1ccc(N2C(=O)C(SC(C)C)=C(c3ccc(OCC(C)C)cc3)C2=O)cc1. The van der Waals surface area contributed by atoms with Crippen molar-refractivity contribution < 1.29 is 14.3 Å². The van der Waals surface area contributed by atoms with Crippen LogP contribution in [0.15, 0.2) is 53.4 Å². The highest BCUT2D eigenvalue weighted by molar-refractivity contribution is 8.04. The zero-order valence-electron chi connectivity index (χ0n) is 18.3. The second kappa shape index (κ2) is 9.52. The molecule has 4 nitrogen and oxygen atoms in total. The molecule has 158 valence electrons. The Labute approximate surface area is 183 Å². The van der Waals surface area contributed by atoms with Crippen LogP contribution in [0.4, 0.5) is 5.69 Å². The molecule has 0 unspecified atom stereocenters. The number of amides is 2. The van der Waals surface area contributed by atoms with Crippen LogP contribution in [0.5, 0.6) is 5.75 Å². The Bertz CT molecular complexity index is 943. The minimum Gasteiger partial charge on any atom is -0.493 e. The molecule has 0 saturated carbocycles. The van der Waals surface area contributed by atoms with Gasteiger partial charge in [-0.3, -0.25) is 9.59 Å². The van der Waals surface area contributed by atoms with Crippen molar-refractivity contribution in [2.75, 3.05) is 11.5 Å². The zero-order chi connectivity index (χ0) is 21.8. The molecule has 5 heteroatoms. The largest absolute Gasteiger partial charge is 0.493 e. The minimum atomic E-state index is -0.275. The average molecular weight is 424 g/mol. The van der Waals surface area contributed by atoms with Crippen molar-refractivity contribution in [2.24, 2.45) is 5.92 Å². The number of aryl methyl sites for hydroxylation is 1. The van der Waals surface area contributed by atoms with E-state index in [4.69, 9.17) is 4.74 Å². The van der Waals surface area contributed by atoms with Gasteiger partial charge in [-0.1, -0.05) is 58.9 Å². The standard InChI is InChI=1S/C25H29NO3S/c1-6-18-7-11-20(12-8-18)26-24(27)22(23(25(26)28)30-17(4)5)19-9-13-21(14-10-19)29-15-16(2)3/h7-14,16-17H,6,15H2,1-5H3. The van der Waals surface area contributed by atoms with E-state index in [1.54, 1.807) is 0 Å². The van der Waals surface area contributed by atoms with Crippen LogP contribution in [0.25, 0.3) is 5.57 Å². The van der Waals surface area contributed by atoms with Crippen molar-refractivity contribution in [3.8, 4) is 5.75 Å². The van der Waals surface area contributed by atoms with Crippen LogP contribution in [0.2, 0.25) is 0 Å². The van der Waals surface area contributed by atoms with Crippen LogP contribution in [0.1, 0.15) is 45.7 Å². The van der Waals surface area contributed by atoms with Crippen molar-refractivity contribution in [2.45, 2.75) is 46.3 Å². The van der Waals surface area contributed by atoms with Crippen LogP contribution >= 0.6 is 11.8 Å². The van der Waals surface area contributed by atoms with Gasteiger partial charge in [0.05, 0.1) is 22.8 Å². The summed E-state index contributed by atoms with van der Waals surface area (Å²) in [6.07, 6.45) is 0.908. The fourth-order valence-electron chi connectivity index (χ4n) is 3.21. The molecule has 30 heavy (non-hydrogen) atoms. The topological polar surface area (TPSA) is 46.6 Å². The summed E-state index contributed by atoms with van der Waals surface area (Å²) < 4.78 is 5.75. The maximum atomic E-state index is 13.4. The first-order chi connectivity index (χ1) is 14.3. The summed E-state index contributed by atoms with van der Waals surface area (Å²) in [4.78, 5) is 28.4. The minimum absolute atomic E-state index is 0.183. The Morgan fingerprint density at radius 1 is 0.900 bits per heavy atom. The van der Waals surface area contributed by atoms with Gasteiger partial charge in [-0.15, -0.1) is 11.8 Å². The number of hydrogen-bond acceptors (Lipinski definition) is 4. The highest BCUT2D eigenvalue weighted by Gasteiger charge is 2.40. The second-order valence-corrected chi connectivity index (χ2v) is 9.65. The Morgan fingerprint density at radius 2 is 1.53 bits per heavy atom. The van der Waals surface area contributed by atoms with Gasteiger partial charge in [-0.05, 0) is 47.7 Å². The van der Waals surface area contributed by atoms with Crippen molar-refractivity contribution in [3.05, 3.63) is 64.6 Å². The first kappa shape index (κ1) is 22.2. The van der Waals surface area contributed by atoms with Gasteiger partial charge in [0.2, 0.25) is 0 Å². The van der Waals surface area contributed by atoms with Gasteiger partial charge in [0.1, 0.15) is 5.75 Å². The Kier molecular flexibility index (Phi) is 7.03. The summed E-state index contributed by atoms with van der Waals surface area (Å²) >= 11 is 1.44. The number of thioether (sulfide) groups is 1. The van der Waals surface area contributed by atoms with Gasteiger partial charge in [0.25, 0.3) is 11.8 Å². The Morgan fingerprint density at radius 3 is 2.07 bits per heavy atom. The molecule has 3 rings (SSSR count). The molecule has 0 aromatic heterocycles. The van der Waals surface area contributed by atoms with Crippen LogP contribution in [-0.4, -0.2) is 23.7 Å². The fraction of sp³-hybridized carbons (Fsp3) is 0.360. The molecule has 2 aromatic carbocycles. The van der Waals surface area contributed by atoms with Gasteiger partial charge < -0.3 is 4.74 Å². The molecule has 1 heterocycles. The number of carbonyl (C=O) groups excluding carboxylic acids is 2. The van der Waals surface area contributed by atoms with Gasteiger partial charge in [0.15, 0.2) is 0 Å². The van der Waals surface area contributed by atoms with E-state index in [2.05, 4.69) is 20.8 Å².